The van der Waals surface area contributed by atoms with Gasteiger partial charge in [0.1, 0.15) is 12.4 Å². The van der Waals surface area contributed by atoms with Gasteiger partial charge in [-0.15, -0.1) is 11.3 Å². The van der Waals surface area contributed by atoms with E-state index in [1.165, 1.54) is 14.0 Å². The summed E-state index contributed by atoms with van der Waals surface area (Å²) < 4.78 is 12.9. The van der Waals surface area contributed by atoms with E-state index in [0.717, 1.165) is 10.2 Å². The van der Waals surface area contributed by atoms with Crippen LogP contribution in [0.1, 0.15) is 16.0 Å². The summed E-state index contributed by atoms with van der Waals surface area (Å²) in [5, 5.41) is 2.18. The van der Waals surface area contributed by atoms with Gasteiger partial charge >= 0.3 is 0 Å². The van der Waals surface area contributed by atoms with Crippen LogP contribution in [-0.4, -0.2) is 20.3 Å². The maximum atomic E-state index is 5.64. The van der Waals surface area contributed by atoms with Crippen molar-refractivity contribution < 1.29 is 9.47 Å². The van der Waals surface area contributed by atoms with Crippen molar-refractivity contribution in [3.05, 3.63) is 48.1 Å². The van der Waals surface area contributed by atoms with Gasteiger partial charge in [-0.1, -0.05) is 22.0 Å². The molecule has 0 saturated heterocycles. The molecule has 2 aromatic rings. The van der Waals surface area contributed by atoms with E-state index in [9.17, 15) is 0 Å². The number of alkyl halides is 1. The van der Waals surface area contributed by atoms with Crippen molar-refractivity contribution in [2.75, 3.05) is 20.3 Å². The summed E-state index contributed by atoms with van der Waals surface area (Å²) in [7, 11) is 1.67. The minimum atomic E-state index is 0.201. The molecule has 1 aromatic heterocycles. The van der Waals surface area contributed by atoms with Crippen LogP contribution < -0.4 is 4.74 Å². The van der Waals surface area contributed by atoms with Crippen LogP contribution in [0.3, 0.4) is 0 Å². The molecule has 0 N–H and O–H groups in total. The minimum Gasteiger partial charge on any atom is -0.490 e. The van der Waals surface area contributed by atoms with Crippen LogP contribution in [0.15, 0.2) is 34.1 Å². The summed E-state index contributed by atoms with van der Waals surface area (Å²) >= 11 is 11.4. The van der Waals surface area contributed by atoms with Gasteiger partial charge in [-0.2, -0.15) is 0 Å². The van der Waals surface area contributed by atoms with Gasteiger partial charge in [0.15, 0.2) is 0 Å². The van der Waals surface area contributed by atoms with Crippen molar-refractivity contribution in [1.82, 2.24) is 0 Å². The molecule has 0 aliphatic rings. The van der Waals surface area contributed by atoms with E-state index in [1.54, 1.807) is 18.4 Å². The molecule has 1 aromatic carbocycles. The Kier molecular flexibility index (Phi) is 6.80. The highest BCUT2D eigenvalue weighted by molar-refractivity contribution is 14.1. The molecule has 2 nitrogen and oxygen atoms in total. The quantitative estimate of drug-likeness (QED) is 0.273. The van der Waals surface area contributed by atoms with Crippen LogP contribution in [0.4, 0.5) is 0 Å². The van der Waals surface area contributed by atoms with E-state index in [0.29, 0.717) is 13.2 Å². The van der Waals surface area contributed by atoms with Crippen LogP contribution in [0.25, 0.3) is 0 Å². The van der Waals surface area contributed by atoms with E-state index in [4.69, 9.17) is 9.47 Å². The predicted octanol–water partition coefficient (Wildman–Crippen LogP) is 5.62. The van der Waals surface area contributed by atoms with Gasteiger partial charge in [0.05, 0.1) is 18.8 Å². The summed E-state index contributed by atoms with van der Waals surface area (Å²) in [5.41, 5.74) is 2.48. The fourth-order valence-electron chi connectivity index (χ4n) is 1.68. The van der Waals surface area contributed by atoms with Crippen LogP contribution in [0.5, 0.6) is 5.75 Å². The third-order valence-electron chi connectivity index (χ3n) is 2.67. The highest BCUT2D eigenvalue weighted by atomic mass is 127. The first-order chi connectivity index (χ1) is 9.61. The van der Waals surface area contributed by atoms with Crippen LogP contribution >= 0.6 is 65.8 Å². The summed E-state index contributed by atoms with van der Waals surface area (Å²) in [6.07, 6.45) is 0. The predicted molar refractivity (Wildman–Crippen MR) is 99.3 cm³/mol. The van der Waals surface area contributed by atoms with Gasteiger partial charge in [-0.25, -0.2) is 0 Å². The van der Waals surface area contributed by atoms with Gasteiger partial charge in [0.2, 0.25) is 0 Å². The average molecular weight is 532 g/mol. The number of methoxy groups -OCH3 is 1. The van der Waals surface area contributed by atoms with E-state index < -0.39 is 0 Å². The maximum absolute atomic E-state index is 5.64. The summed E-state index contributed by atoms with van der Waals surface area (Å²) in [6, 6.07) is 8.35. The molecule has 0 fully saturated rings. The smallest absolute Gasteiger partial charge is 0.133 e. The molecule has 0 amide bonds. The standard InChI is InChI=1S/C14H13Br2IO2S/c1-18-4-5-19-12-3-2-9(6-11(12)15)14(16)10-7-13(17)20-8-10/h2-3,6-8,14H,4-5H2,1H3. The molecular weight excluding hydrogens is 519 g/mol. The molecule has 2 rings (SSSR count). The molecule has 1 unspecified atom stereocenters. The zero-order valence-electron chi connectivity index (χ0n) is 10.7. The van der Waals surface area contributed by atoms with E-state index in [1.807, 2.05) is 6.07 Å². The van der Waals surface area contributed by atoms with E-state index in [2.05, 4.69) is 78.0 Å². The minimum absolute atomic E-state index is 0.201. The fraction of sp³-hybridized carbons (Fsp3) is 0.286. The van der Waals surface area contributed by atoms with Gasteiger partial charge in [-0.05, 0) is 73.2 Å². The second-order valence-corrected chi connectivity index (χ2v) is 8.65. The third-order valence-corrected chi connectivity index (χ3v) is 6.16. The van der Waals surface area contributed by atoms with E-state index >= 15 is 0 Å². The van der Waals surface area contributed by atoms with Gasteiger partial charge in [0, 0.05) is 7.11 Å². The number of thiophene rings is 1. The lowest BCUT2D eigenvalue weighted by molar-refractivity contribution is 0.146. The van der Waals surface area contributed by atoms with Gasteiger partial charge in [-0.3, -0.25) is 0 Å². The molecule has 0 bridgehead atoms. The topological polar surface area (TPSA) is 18.5 Å². The molecular formula is C14H13Br2IO2S. The largest absolute Gasteiger partial charge is 0.490 e. The Morgan fingerprint density at radius 3 is 2.65 bits per heavy atom. The molecule has 0 aliphatic heterocycles. The summed E-state index contributed by atoms with van der Waals surface area (Å²) in [4.78, 5) is 0.201. The van der Waals surface area contributed by atoms with Crippen LogP contribution in [0.2, 0.25) is 0 Å². The van der Waals surface area contributed by atoms with Gasteiger partial charge in [0.25, 0.3) is 0 Å². The second-order valence-electron chi connectivity index (χ2n) is 4.08. The molecule has 0 saturated carbocycles. The lowest BCUT2D eigenvalue weighted by atomic mass is 10.1. The van der Waals surface area contributed by atoms with Gasteiger partial charge < -0.3 is 9.47 Å². The molecule has 0 radical (unpaired) electrons. The highest BCUT2D eigenvalue weighted by Gasteiger charge is 2.14. The van der Waals surface area contributed by atoms with Crippen molar-refractivity contribution in [1.29, 1.82) is 0 Å². The lowest BCUT2D eigenvalue weighted by Crippen LogP contribution is -2.04. The summed E-state index contributed by atoms with van der Waals surface area (Å²) in [5.74, 6) is 0.838. The molecule has 108 valence electrons. The molecule has 0 spiro atoms. The Balaban J connectivity index is 2.12. The second kappa shape index (κ2) is 8.12. The molecule has 0 aliphatic carbocycles. The van der Waals surface area contributed by atoms with Crippen molar-refractivity contribution in [3.8, 4) is 5.75 Å². The Bertz CT molecular complexity index is 574. The lowest BCUT2D eigenvalue weighted by Gasteiger charge is -2.12. The number of halogens is 3. The number of benzene rings is 1. The zero-order valence-corrected chi connectivity index (χ0v) is 16.9. The first-order valence-corrected chi connectivity index (χ1v) is 9.57. The number of hydrogen-bond donors (Lipinski definition) is 0. The summed E-state index contributed by atoms with van der Waals surface area (Å²) in [6.45, 7) is 1.14. The van der Waals surface area contributed by atoms with Crippen LogP contribution in [-0.2, 0) is 4.74 Å². The molecule has 20 heavy (non-hydrogen) atoms. The monoisotopic (exact) mass is 530 g/mol. The zero-order chi connectivity index (χ0) is 14.5. The maximum Gasteiger partial charge on any atom is 0.133 e. The van der Waals surface area contributed by atoms with Crippen molar-refractivity contribution in [2.24, 2.45) is 0 Å². The van der Waals surface area contributed by atoms with Crippen molar-refractivity contribution >= 4 is 65.8 Å². The molecule has 1 heterocycles. The Hall–Kier alpha value is 0.370. The van der Waals surface area contributed by atoms with E-state index in [-0.39, 0.29) is 4.83 Å². The highest BCUT2D eigenvalue weighted by Crippen LogP contribution is 2.37. The number of rotatable bonds is 6. The van der Waals surface area contributed by atoms with Crippen molar-refractivity contribution in [2.45, 2.75) is 4.83 Å². The Morgan fingerprint density at radius 2 is 2.05 bits per heavy atom. The Labute approximate surface area is 153 Å². The number of ether oxygens (including phenoxy) is 2. The first-order valence-electron chi connectivity index (χ1n) is 5.91. The van der Waals surface area contributed by atoms with Crippen molar-refractivity contribution in [3.63, 3.8) is 0 Å². The Morgan fingerprint density at radius 1 is 1.25 bits per heavy atom. The first kappa shape index (κ1) is 16.7. The molecule has 6 heteroatoms. The molecule has 1 atom stereocenters. The normalized spacial score (nSPS) is 12.4. The fourth-order valence-corrected chi connectivity index (χ4v) is 4.31. The number of hydrogen-bond acceptors (Lipinski definition) is 3. The SMILES string of the molecule is COCCOc1ccc(C(Br)c2csc(I)c2)cc1Br. The average Bonchev–Trinajstić information content (AvgIpc) is 2.86. The third kappa shape index (κ3) is 4.43. The van der Waals surface area contributed by atoms with Crippen LogP contribution in [0, 0.1) is 2.88 Å².